The number of aryl methyl sites for hydroxylation is 1. The number of hydrogen-bond donors (Lipinski definition) is 0. The van der Waals surface area contributed by atoms with Gasteiger partial charge in [0.05, 0.1) is 5.69 Å². The Morgan fingerprint density at radius 2 is 2.05 bits per heavy atom. The van der Waals surface area contributed by atoms with Crippen molar-refractivity contribution in [3.8, 4) is 5.69 Å². The summed E-state index contributed by atoms with van der Waals surface area (Å²) in [5.74, 6) is 1.04. The second-order valence-corrected chi connectivity index (χ2v) is 4.75. The van der Waals surface area contributed by atoms with Crippen molar-refractivity contribution in [2.45, 2.75) is 13.3 Å². The van der Waals surface area contributed by atoms with Gasteiger partial charge in [-0.1, -0.05) is 25.1 Å². The van der Waals surface area contributed by atoms with E-state index < -0.39 is 0 Å². The first kappa shape index (κ1) is 14.0. The summed E-state index contributed by atoms with van der Waals surface area (Å²) in [5.41, 5.74) is 1.85. The predicted octanol–water partition coefficient (Wildman–Crippen LogP) is 3.32. The normalized spacial score (nSPS) is 11.1. The number of allylic oxidation sites excluding steroid dienone is 1. The minimum absolute atomic E-state index is 0.139. The van der Waals surface area contributed by atoms with Gasteiger partial charge < -0.3 is 4.42 Å². The van der Waals surface area contributed by atoms with Crippen LogP contribution in [0.3, 0.4) is 0 Å². The Morgan fingerprint density at radius 1 is 1.23 bits per heavy atom. The van der Waals surface area contributed by atoms with Gasteiger partial charge in [-0.15, -0.1) is 0 Å². The van der Waals surface area contributed by atoms with Crippen molar-refractivity contribution in [2.24, 2.45) is 0 Å². The van der Waals surface area contributed by atoms with Crippen LogP contribution in [0.25, 0.3) is 11.8 Å². The highest BCUT2D eigenvalue weighted by Crippen LogP contribution is 2.12. The molecule has 0 radical (unpaired) electrons. The maximum atomic E-state index is 12.0. The predicted molar refractivity (Wildman–Crippen MR) is 82.8 cm³/mol. The number of hydrogen-bond acceptors (Lipinski definition) is 4. The molecule has 3 aromatic rings. The zero-order valence-corrected chi connectivity index (χ0v) is 12.1. The van der Waals surface area contributed by atoms with Crippen LogP contribution in [-0.4, -0.2) is 20.5 Å². The Hall–Kier alpha value is -2.95. The van der Waals surface area contributed by atoms with Crippen LogP contribution >= 0.6 is 0 Å². The van der Waals surface area contributed by atoms with Gasteiger partial charge >= 0.3 is 0 Å². The lowest BCUT2D eigenvalue weighted by molar-refractivity contribution is 0.102. The van der Waals surface area contributed by atoms with Crippen molar-refractivity contribution in [3.63, 3.8) is 0 Å². The van der Waals surface area contributed by atoms with Crippen molar-refractivity contribution in [1.82, 2.24) is 14.8 Å². The molecule has 110 valence electrons. The number of nitrogens with zero attached hydrogens (tertiary/aromatic N) is 3. The van der Waals surface area contributed by atoms with E-state index in [-0.39, 0.29) is 5.78 Å². The van der Waals surface area contributed by atoms with Crippen molar-refractivity contribution < 1.29 is 9.21 Å². The minimum atomic E-state index is -0.139. The molecular weight excluding hydrogens is 278 g/mol. The summed E-state index contributed by atoms with van der Waals surface area (Å²) < 4.78 is 7.11. The Labute approximate surface area is 127 Å². The lowest BCUT2D eigenvalue weighted by Gasteiger charge is -2.00. The van der Waals surface area contributed by atoms with Crippen LogP contribution in [0, 0.1) is 0 Å². The molecule has 0 saturated carbocycles. The molecule has 5 nitrogen and oxygen atoms in total. The van der Waals surface area contributed by atoms with E-state index >= 15 is 0 Å². The molecule has 2 aromatic heterocycles. The van der Waals surface area contributed by atoms with Crippen LogP contribution in [0.1, 0.15) is 28.8 Å². The summed E-state index contributed by atoms with van der Waals surface area (Å²) in [5, 5.41) is 4.06. The third kappa shape index (κ3) is 3.03. The lowest BCUT2D eigenvalue weighted by Crippen LogP contribution is -1.94. The van der Waals surface area contributed by atoms with E-state index in [1.807, 2.05) is 37.3 Å². The van der Waals surface area contributed by atoms with Gasteiger partial charge in [0.2, 0.25) is 5.78 Å². The molecule has 0 unspecified atom stereocenters. The van der Waals surface area contributed by atoms with Gasteiger partial charge in [0, 0.05) is 6.42 Å². The summed E-state index contributed by atoms with van der Waals surface area (Å²) in [6, 6.07) is 11.2. The zero-order chi connectivity index (χ0) is 15.4. The monoisotopic (exact) mass is 293 g/mol. The second kappa shape index (κ2) is 6.22. The third-order valence-corrected chi connectivity index (χ3v) is 3.26. The van der Waals surface area contributed by atoms with Gasteiger partial charge in [0.15, 0.2) is 5.76 Å². The molecule has 0 saturated heterocycles. The molecule has 0 aliphatic heterocycles. The topological polar surface area (TPSA) is 60.9 Å². The summed E-state index contributed by atoms with van der Waals surface area (Å²) in [6.07, 6.45) is 7.18. The van der Waals surface area contributed by atoms with Crippen LogP contribution < -0.4 is 0 Å². The molecular formula is C17H15N3O2. The van der Waals surface area contributed by atoms with E-state index in [9.17, 15) is 4.79 Å². The smallest absolute Gasteiger partial charge is 0.221 e. The first-order chi connectivity index (χ1) is 10.8. The van der Waals surface area contributed by atoms with E-state index in [2.05, 4.69) is 10.1 Å². The van der Waals surface area contributed by atoms with E-state index in [1.165, 1.54) is 12.4 Å². The highest BCUT2D eigenvalue weighted by atomic mass is 16.3. The van der Waals surface area contributed by atoms with Gasteiger partial charge in [-0.3, -0.25) is 4.79 Å². The maximum Gasteiger partial charge on any atom is 0.221 e. The van der Waals surface area contributed by atoms with E-state index in [0.29, 0.717) is 5.76 Å². The fourth-order valence-electron chi connectivity index (χ4n) is 2.03. The van der Waals surface area contributed by atoms with Crippen molar-refractivity contribution in [2.75, 3.05) is 0 Å². The molecule has 0 fully saturated rings. The number of carbonyl (C=O) groups excluding carboxylic acids is 1. The molecule has 1 aromatic carbocycles. The van der Waals surface area contributed by atoms with Gasteiger partial charge in [0.1, 0.15) is 18.4 Å². The summed E-state index contributed by atoms with van der Waals surface area (Å²) in [4.78, 5) is 15.9. The Morgan fingerprint density at radius 3 is 2.68 bits per heavy atom. The number of ketones is 1. The van der Waals surface area contributed by atoms with E-state index in [4.69, 9.17) is 4.42 Å². The molecule has 0 atom stereocenters. The van der Waals surface area contributed by atoms with Crippen LogP contribution in [0.15, 0.2) is 59.5 Å². The second-order valence-electron chi connectivity index (χ2n) is 4.75. The SMILES string of the molecule is CCc1ccc(C(=O)/C=C/c2ccc(-n3cncn3)cc2)o1. The number of carbonyl (C=O) groups is 1. The van der Waals surface area contributed by atoms with Crippen molar-refractivity contribution in [3.05, 3.63) is 72.2 Å². The molecule has 2 heterocycles. The molecule has 0 bridgehead atoms. The number of furan rings is 1. The minimum Gasteiger partial charge on any atom is -0.458 e. The largest absolute Gasteiger partial charge is 0.458 e. The molecule has 22 heavy (non-hydrogen) atoms. The van der Waals surface area contributed by atoms with E-state index in [0.717, 1.165) is 23.4 Å². The van der Waals surface area contributed by atoms with Gasteiger partial charge in [0.25, 0.3) is 0 Å². The van der Waals surface area contributed by atoms with Crippen LogP contribution in [0.2, 0.25) is 0 Å². The molecule has 0 spiro atoms. The summed E-state index contributed by atoms with van der Waals surface area (Å²) >= 11 is 0. The van der Waals surface area contributed by atoms with Gasteiger partial charge in [-0.05, 0) is 35.9 Å². The fourth-order valence-corrected chi connectivity index (χ4v) is 2.03. The number of aromatic nitrogens is 3. The third-order valence-electron chi connectivity index (χ3n) is 3.26. The highest BCUT2D eigenvalue weighted by molar-refractivity contribution is 6.04. The molecule has 3 rings (SSSR count). The van der Waals surface area contributed by atoms with Gasteiger partial charge in [-0.2, -0.15) is 5.10 Å². The molecule has 0 aliphatic carbocycles. The number of rotatable bonds is 5. The first-order valence-electron chi connectivity index (χ1n) is 7.02. The van der Waals surface area contributed by atoms with Crippen molar-refractivity contribution in [1.29, 1.82) is 0 Å². The van der Waals surface area contributed by atoms with Crippen LogP contribution in [0.5, 0.6) is 0 Å². The summed E-state index contributed by atoms with van der Waals surface area (Å²) in [6.45, 7) is 1.99. The average molecular weight is 293 g/mol. The molecule has 0 amide bonds. The summed E-state index contributed by atoms with van der Waals surface area (Å²) in [7, 11) is 0. The highest BCUT2D eigenvalue weighted by Gasteiger charge is 2.07. The number of benzene rings is 1. The quantitative estimate of drug-likeness (QED) is 0.535. The average Bonchev–Trinajstić information content (AvgIpc) is 3.24. The zero-order valence-electron chi connectivity index (χ0n) is 12.1. The Kier molecular flexibility index (Phi) is 3.96. The molecule has 0 N–H and O–H groups in total. The Balaban J connectivity index is 1.71. The molecule has 5 heteroatoms. The fraction of sp³-hybridized carbons (Fsp3) is 0.118. The lowest BCUT2D eigenvalue weighted by atomic mass is 10.1. The van der Waals surface area contributed by atoms with Crippen LogP contribution in [-0.2, 0) is 6.42 Å². The standard InChI is InChI=1S/C17H15N3O2/c1-2-15-8-10-17(22-15)16(21)9-5-13-3-6-14(7-4-13)20-12-18-11-19-20/h3-12H,2H2,1H3/b9-5+. The molecule has 0 aliphatic rings. The van der Waals surface area contributed by atoms with Crippen molar-refractivity contribution >= 4 is 11.9 Å². The van der Waals surface area contributed by atoms with E-state index in [1.54, 1.807) is 23.2 Å². The van der Waals surface area contributed by atoms with Gasteiger partial charge in [-0.25, -0.2) is 9.67 Å². The van der Waals surface area contributed by atoms with Crippen LogP contribution in [0.4, 0.5) is 0 Å². The Bertz CT molecular complexity index is 784. The first-order valence-corrected chi connectivity index (χ1v) is 7.02. The maximum absolute atomic E-state index is 12.0.